The Morgan fingerprint density at radius 3 is 2.71 bits per heavy atom. The summed E-state index contributed by atoms with van der Waals surface area (Å²) >= 11 is 0. The van der Waals surface area contributed by atoms with Crippen LogP contribution in [0.15, 0.2) is 0 Å². The third kappa shape index (κ3) is 4.97. The summed E-state index contributed by atoms with van der Waals surface area (Å²) in [5, 5.41) is 3.54. The zero-order valence-corrected chi connectivity index (χ0v) is 9.60. The van der Waals surface area contributed by atoms with Crippen molar-refractivity contribution in [3.63, 3.8) is 0 Å². The molecule has 1 aliphatic rings. The molecule has 0 bridgehead atoms. The predicted molar refractivity (Wildman–Crippen MR) is 62.3 cm³/mol. The lowest BCUT2D eigenvalue weighted by Gasteiger charge is -2.13. The average molecular weight is 198 g/mol. The van der Waals surface area contributed by atoms with Gasteiger partial charge in [-0.3, -0.25) is 0 Å². The summed E-state index contributed by atoms with van der Waals surface area (Å²) in [5.74, 6) is 1.76. The van der Waals surface area contributed by atoms with Crippen LogP contribution in [0, 0.1) is 11.8 Å². The molecule has 0 aromatic carbocycles. The van der Waals surface area contributed by atoms with Crippen molar-refractivity contribution in [3.8, 4) is 0 Å². The van der Waals surface area contributed by atoms with Crippen LogP contribution in [0.1, 0.15) is 45.4 Å². The molecule has 0 heterocycles. The predicted octanol–water partition coefficient (Wildman–Crippen LogP) is 2.14. The minimum Gasteiger partial charge on any atom is -0.330 e. The summed E-state index contributed by atoms with van der Waals surface area (Å²) in [5.41, 5.74) is 5.51. The smallest absolute Gasteiger partial charge is 0.00227 e. The largest absolute Gasteiger partial charge is 0.330 e. The fourth-order valence-corrected chi connectivity index (χ4v) is 2.34. The molecule has 3 N–H and O–H groups in total. The van der Waals surface area contributed by atoms with Gasteiger partial charge >= 0.3 is 0 Å². The van der Waals surface area contributed by atoms with Gasteiger partial charge in [-0.15, -0.1) is 0 Å². The number of nitrogens with one attached hydrogen (secondary N) is 1. The Bertz CT molecular complexity index is 130. The standard InChI is InChI=1S/C12H26N2/c1-11(6-8-13)10-14-9-7-12-4-2-3-5-12/h11-12,14H,2-10,13H2,1H3. The van der Waals surface area contributed by atoms with E-state index in [4.69, 9.17) is 5.73 Å². The molecule has 14 heavy (non-hydrogen) atoms. The van der Waals surface area contributed by atoms with Crippen molar-refractivity contribution in [1.82, 2.24) is 5.32 Å². The van der Waals surface area contributed by atoms with E-state index in [9.17, 15) is 0 Å². The molecule has 0 aliphatic heterocycles. The highest BCUT2D eigenvalue weighted by Gasteiger charge is 2.13. The zero-order valence-electron chi connectivity index (χ0n) is 9.60. The highest BCUT2D eigenvalue weighted by Crippen LogP contribution is 2.26. The van der Waals surface area contributed by atoms with E-state index in [0.29, 0.717) is 0 Å². The first-order valence-corrected chi connectivity index (χ1v) is 6.23. The molecule has 1 unspecified atom stereocenters. The van der Waals surface area contributed by atoms with Gasteiger partial charge in [-0.05, 0) is 44.3 Å². The van der Waals surface area contributed by atoms with Crippen molar-refractivity contribution in [2.24, 2.45) is 17.6 Å². The molecule has 84 valence electrons. The molecule has 1 atom stereocenters. The quantitative estimate of drug-likeness (QED) is 0.615. The number of rotatable bonds is 7. The molecule has 0 radical (unpaired) electrons. The van der Waals surface area contributed by atoms with Gasteiger partial charge in [0.1, 0.15) is 0 Å². The zero-order chi connectivity index (χ0) is 10.2. The highest BCUT2D eigenvalue weighted by atomic mass is 14.9. The summed E-state index contributed by atoms with van der Waals surface area (Å²) in [6, 6.07) is 0. The molecule has 1 saturated carbocycles. The molecule has 1 aliphatic carbocycles. The molecule has 2 nitrogen and oxygen atoms in total. The first kappa shape index (κ1) is 12.0. The van der Waals surface area contributed by atoms with Gasteiger partial charge in [-0.25, -0.2) is 0 Å². The van der Waals surface area contributed by atoms with Gasteiger partial charge in [0.15, 0.2) is 0 Å². The van der Waals surface area contributed by atoms with Crippen molar-refractivity contribution < 1.29 is 0 Å². The summed E-state index contributed by atoms with van der Waals surface area (Å²) < 4.78 is 0. The molecule has 0 spiro atoms. The Kier molecular flexibility index (Phi) is 6.20. The fourth-order valence-electron chi connectivity index (χ4n) is 2.34. The number of hydrogen-bond donors (Lipinski definition) is 2. The maximum atomic E-state index is 5.51. The van der Waals surface area contributed by atoms with Gasteiger partial charge < -0.3 is 11.1 Å². The maximum Gasteiger partial charge on any atom is -0.00227 e. The monoisotopic (exact) mass is 198 g/mol. The third-order valence-corrected chi connectivity index (χ3v) is 3.36. The second kappa shape index (κ2) is 7.24. The van der Waals surface area contributed by atoms with Gasteiger partial charge in [0.2, 0.25) is 0 Å². The molecule has 2 heteroatoms. The molecule has 0 aromatic rings. The van der Waals surface area contributed by atoms with E-state index in [1.54, 1.807) is 0 Å². The number of nitrogens with two attached hydrogens (primary N) is 1. The van der Waals surface area contributed by atoms with Gasteiger partial charge in [0, 0.05) is 0 Å². The Morgan fingerprint density at radius 2 is 2.07 bits per heavy atom. The van der Waals surface area contributed by atoms with Crippen molar-refractivity contribution >= 4 is 0 Å². The van der Waals surface area contributed by atoms with E-state index >= 15 is 0 Å². The molecule has 1 rings (SSSR count). The van der Waals surface area contributed by atoms with Crippen LogP contribution in [0.4, 0.5) is 0 Å². The SMILES string of the molecule is CC(CCN)CNCCC1CCCC1. The van der Waals surface area contributed by atoms with E-state index in [2.05, 4.69) is 12.2 Å². The van der Waals surface area contributed by atoms with Crippen molar-refractivity contribution in [2.75, 3.05) is 19.6 Å². The van der Waals surface area contributed by atoms with Crippen LogP contribution in [0.3, 0.4) is 0 Å². The maximum absolute atomic E-state index is 5.51. The van der Waals surface area contributed by atoms with Gasteiger partial charge in [-0.2, -0.15) is 0 Å². The molecule has 1 fully saturated rings. The molecular formula is C12H26N2. The van der Waals surface area contributed by atoms with Crippen LogP contribution in [-0.4, -0.2) is 19.6 Å². The summed E-state index contributed by atoms with van der Waals surface area (Å²) in [6.45, 7) is 5.45. The van der Waals surface area contributed by atoms with Crippen LogP contribution in [0.2, 0.25) is 0 Å². The second-order valence-electron chi connectivity index (χ2n) is 4.83. The average Bonchev–Trinajstić information content (AvgIpc) is 2.65. The van der Waals surface area contributed by atoms with Crippen molar-refractivity contribution in [1.29, 1.82) is 0 Å². The fraction of sp³-hybridized carbons (Fsp3) is 1.00. The molecule has 0 aromatic heterocycles. The number of hydrogen-bond acceptors (Lipinski definition) is 2. The van der Waals surface area contributed by atoms with Crippen LogP contribution in [-0.2, 0) is 0 Å². The summed E-state index contributed by atoms with van der Waals surface area (Å²) in [4.78, 5) is 0. The van der Waals surface area contributed by atoms with E-state index < -0.39 is 0 Å². The van der Waals surface area contributed by atoms with Gasteiger partial charge in [0.05, 0.1) is 0 Å². The lowest BCUT2D eigenvalue weighted by Crippen LogP contribution is -2.24. The Balaban J connectivity index is 1.88. The highest BCUT2D eigenvalue weighted by molar-refractivity contribution is 4.68. The topological polar surface area (TPSA) is 38.0 Å². The lowest BCUT2D eigenvalue weighted by atomic mass is 10.0. The third-order valence-electron chi connectivity index (χ3n) is 3.36. The molecule has 0 saturated heterocycles. The Morgan fingerprint density at radius 1 is 1.36 bits per heavy atom. The summed E-state index contributed by atoms with van der Waals surface area (Å²) in [6.07, 6.45) is 8.41. The summed E-state index contributed by atoms with van der Waals surface area (Å²) in [7, 11) is 0. The van der Waals surface area contributed by atoms with Crippen molar-refractivity contribution in [2.45, 2.75) is 45.4 Å². The van der Waals surface area contributed by atoms with Gasteiger partial charge in [-0.1, -0.05) is 32.6 Å². The van der Waals surface area contributed by atoms with Crippen LogP contribution >= 0.6 is 0 Å². The Hall–Kier alpha value is -0.0800. The molecular weight excluding hydrogens is 172 g/mol. The minimum absolute atomic E-state index is 0.739. The lowest BCUT2D eigenvalue weighted by molar-refractivity contribution is 0.439. The van der Waals surface area contributed by atoms with E-state index in [0.717, 1.165) is 31.3 Å². The first-order chi connectivity index (χ1) is 6.83. The van der Waals surface area contributed by atoms with Gasteiger partial charge in [0.25, 0.3) is 0 Å². The van der Waals surface area contributed by atoms with Crippen molar-refractivity contribution in [3.05, 3.63) is 0 Å². The Labute approximate surface area is 88.6 Å². The second-order valence-corrected chi connectivity index (χ2v) is 4.83. The molecule has 0 amide bonds. The van der Waals surface area contributed by atoms with Crippen LogP contribution in [0.25, 0.3) is 0 Å². The first-order valence-electron chi connectivity index (χ1n) is 6.23. The van der Waals surface area contributed by atoms with Crippen LogP contribution in [0.5, 0.6) is 0 Å². The van der Waals surface area contributed by atoms with E-state index in [1.807, 2.05) is 0 Å². The van der Waals surface area contributed by atoms with E-state index in [-0.39, 0.29) is 0 Å². The van der Waals surface area contributed by atoms with Crippen LogP contribution < -0.4 is 11.1 Å². The normalized spacial score (nSPS) is 20.1. The van der Waals surface area contributed by atoms with E-state index in [1.165, 1.54) is 38.6 Å². The minimum atomic E-state index is 0.739.